The second-order valence-electron chi connectivity index (χ2n) is 5.29. The predicted octanol–water partition coefficient (Wildman–Crippen LogP) is 3.82. The van der Waals surface area contributed by atoms with Crippen LogP contribution in [0.3, 0.4) is 0 Å². The van der Waals surface area contributed by atoms with Crippen molar-refractivity contribution in [2.75, 3.05) is 26.2 Å². The van der Waals surface area contributed by atoms with Gasteiger partial charge in [0.15, 0.2) is 0 Å². The third-order valence-corrected chi connectivity index (χ3v) is 4.49. The van der Waals surface area contributed by atoms with Crippen molar-refractivity contribution < 1.29 is 10.0 Å². The number of aromatic hydroxyl groups is 1. The first kappa shape index (κ1) is 23.1. The van der Waals surface area contributed by atoms with Crippen molar-refractivity contribution in [2.45, 2.75) is 18.9 Å². The van der Waals surface area contributed by atoms with Gasteiger partial charge >= 0.3 is 0 Å². The molecule has 2 rings (SSSR count). The normalized spacial score (nSPS) is 15.7. The van der Waals surface area contributed by atoms with E-state index in [1.54, 1.807) is 0 Å². The first-order chi connectivity index (χ1) is 10.5. The van der Waals surface area contributed by atoms with Gasteiger partial charge in [-0.2, -0.15) is 0 Å². The van der Waals surface area contributed by atoms with E-state index in [0.717, 1.165) is 39.0 Å². The molecule has 2 N–H and O–H groups in total. The van der Waals surface area contributed by atoms with E-state index in [1.165, 1.54) is 12.1 Å². The van der Waals surface area contributed by atoms with E-state index in [2.05, 4.69) is 32.7 Å². The molecule has 24 heavy (non-hydrogen) atoms. The minimum Gasteiger partial charge on any atom is -0.506 e. The van der Waals surface area contributed by atoms with Gasteiger partial charge in [-0.3, -0.25) is 15.0 Å². The summed E-state index contributed by atoms with van der Waals surface area (Å²) in [4.78, 5) is 12.9. The lowest BCUT2D eigenvalue weighted by Gasteiger charge is -2.35. The largest absolute Gasteiger partial charge is 0.506 e. The molecule has 1 saturated heterocycles. The lowest BCUT2D eigenvalue weighted by atomic mass is 9.98. The molecular formula is C15H22BrCl2N3O3. The Morgan fingerprint density at radius 2 is 2.04 bits per heavy atom. The number of phenols is 1. The number of phenolic OH excluding ortho intramolecular Hbond substituents is 1. The van der Waals surface area contributed by atoms with E-state index in [4.69, 9.17) is 0 Å². The number of hydrogen-bond donors (Lipinski definition) is 2. The number of non-ortho nitro benzene ring substituents is 1. The predicted molar refractivity (Wildman–Crippen MR) is 104 cm³/mol. The number of rotatable bonds is 6. The smallest absolute Gasteiger partial charge is 0.271 e. The van der Waals surface area contributed by atoms with Crippen molar-refractivity contribution in [1.29, 1.82) is 0 Å². The van der Waals surface area contributed by atoms with Crippen LogP contribution in [0.15, 0.2) is 29.3 Å². The molecule has 6 nitrogen and oxygen atoms in total. The highest BCUT2D eigenvalue weighted by atomic mass is 79.9. The second kappa shape index (κ2) is 10.9. The number of nitrogens with one attached hydrogen (secondary N) is 1. The molecule has 0 amide bonds. The summed E-state index contributed by atoms with van der Waals surface area (Å²) in [7, 11) is 0. The molecule has 1 aliphatic heterocycles. The first-order valence-corrected chi connectivity index (χ1v) is 8.06. The zero-order valence-corrected chi connectivity index (χ0v) is 16.3. The molecule has 0 saturated carbocycles. The summed E-state index contributed by atoms with van der Waals surface area (Å²) in [6.45, 7) is 7.20. The van der Waals surface area contributed by atoms with E-state index in [0.29, 0.717) is 10.0 Å². The highest BCUT2D eigenvalue weighted by molar-refractivity contribution is 9.10. The SMILES string of the molecule is C=CCC[C@@H](c1cc([N+](=O)[O-])cc(Br)c1O)N1CCNCC1.Cl.Cl. The Balaban J connectivity index is 0.00000264. The quantitative estimate of drug-likeness (QED) is 0.397. The Labute approximate surface area is 162 Å². The van der Waals surface area contributed by atoms with E-state index in [9.17, 15) is 15.2 Å². The van der Waals surface area contributed by atoms with Crippen LogP contribution in [0.1, 0.15) is 24.4 Å². The monoisotopic (exact) mass is 441 g/mol. The Bertz CT molecular complexity index is 569. The fraction of sp³-hybridized carbons (Fsp3) is 0.467. The van der Waals surface area contributed by atoms with Gasteiger partial charge in [-0.05, 0) is 28.8 Å². The number of allylic oxidation sites excluding steroid dienone is 1. The number of nitro groups is 1. The van der Waals surface area contributed by atoms with Crippen molar-refractivity contribution >= 4 is 46.4 Å². The second-order valence-corrected chi connectivity index (χ2v) is 6.14. The molecule has 0 radical (unpaired) electrons. The maximum atomic E-state index is 11.1. The van der Waals surface area contributed by atoms with Crippen LogP contribution in [0.4, 0.5) is 5.69 Å². The molecule has 1 heterocycles. The molecule has 1 aromatic carbocycles. The summed E-state index contributed by atoms with van der Waals surface area (Å²) >= 11 is 3.22. The first-order valence-electron chi connectivity index (χ1n) is 7.27. The van der Waals surface area contributed by atoms with Gasteiger partial charge in [-0.25, -0.2) is 0 Å². The van der Waals surface area contributed by atoms with Crippen LogP contribution in [0.2, 0.25) is 0 Å². The van der Waals surface area contributed by atoms with E-state index >= 15 is 0 Å². The molecule has 136 valence electrons. The van der Waals surface area contributed by atoms with Crippen LogP contribution >= 0.6 is 40.7 Å². The summed E-state index contributed by atoms with van der Waals surface area (Å²) in [5.41, 5.74) is 0.586. The Morgan fingerprint density at radius 1 is 1.42 bits per heavy atom. The van der Waals surface area contributed by atoms with Gasteiger partial charge in [0.2, 0.25) is 0 Å². The minimum atomic E-state index is -0.435. The van der Waals surface area contributed by atoms with Crippen molar-refractivity contribution in [3.63, 3.8) is 0 Å². The number of nitrogens with zero attached hydrogens (tertiary/aromatic N) is 2. The maximum absolute atomic E-state index is 11.1. The van der Waals surface area contributed by atoms with E-state index in [1.807, 2.05) is 6.08 Å². The van der Waals surface area contributed by atoms with Crippen molar-refractivity contribution in [3.8, 4) is 5.75 Å². The average molecular weight is 443 g/mol. The Morgan fingerprint density at radius 3 is 2.58 bits per heavy atom. The van der Waals surface area contributed by atoms with Crippen LogP contribution in [0, 0.1) is 10.1 Å². The van der Waals surface area contributed by atoms with Crippen LogP contribution in [0.25, 0.3) is 0 Å². The van der Waals surface area contributed by atoms with E-state index in [-0.39, 0.29) is 42.3 Å². The van der Waals surface area contributed by atoms with Gasteiger partial charge in [0, 0.05) is 49.9 Å². The summed E-state index contributed by atoms with van der Waals surface area (Å²) in [5, 5.41) is 24.8. The van der Waals surface area contributed by atoms with E-state index < -0.39 is 4.92 Å². The highest BCUT2D eigenvalue weighted by Gasteiger charge is 2.27. The lowest BCUT2D eigenvalue weighted by Crippen LogP contribution is -2.45. The minimum absolute atomic E-state index is 0. The van der Waals surface area contributed by atoms with Gasteiger partial charge in [0.05, 0.1) is 9.40 Å². The van der Waals surface area contributed by atoms with Crippen molar-refractivity contribution in [2.24, 2.45) is 0 Å². The summed E-state index contributed by atoms with van der Waals surface area (Å²) in [6, 6.07) is 2.76. The number of halogens is 3. The topological polar surface area (TPSA) is 78.6 Å². The highest BCUT2D eigenvalue weighted by Crippen LogP contribution is 2.40. The Kier molecular flexibility index (Phi) is 10.5. The lowest BCUT2D eigenvalue weighted by molar-refractivity contribution is -0.385. The molecule has 9 heteroatoms. The van der Waals surface area contributed by atoms with Gasteiger partial charge in [-0.1, -0.05) is 6.08 Å². The number of hydrogen-bond acceptors (Lipinski definition) is 5. The summed E-state index contributed by atoms with van der Waals surface area (Å²) in [6.07, 6.45) is 3.39. The zero-order valence-electron chi connectivity index (χ0n) is 13.1. The van der Waals surface area contributed by atoms with Crippen molar-refractivity contribution in [3.05, 3.63) is 44.9 Å². The molecule has 0 aliphatic carbocycles. The standard InChI is InChI=1S/C15H20BrN3O3.2ClH/c1-2-3-4-14(18-7-5-17-6-8-18)12-9-11(19(21)22)10-13(16)15(12)20;;/h2,9-10,14,17,20H,1,3-8H2;2*1H/t14-;;/m0../s1. The summed E-state index contributed by atoms with van der Waals surface area (Å²) < 4.78 is 0.357. The Hall–Kier alpha value is -0.860. The molecule has 0 aromatic heterocycles. The van der Waals surface area contributed by atoms with Crippen LogP contribution in [-0.2, 0) is 0 Å². The van der Waals surface area contributed by atoms with Gasteiger partial charge in [0.25, 0.3) is 5.69 Å². The third-order valence-electron chi connectivity index (χ3n) is 3.88. The van der Waals surface area contributed by atoms with Crippen LogP contribution in [0.5, 0.6) is 5.75 Å². The molecule has 1 fully saturated rings. The molecule has 1 aromatic rings. The number of piperazine rings is 1. The molecule has 0 unspecified atom stereocenters. The van der Waals surface area contributed by atoms with Gasteiger partial charge in [-0.15, -0.1) is 31.4 Å². The molecule has 1 aliphatic rings. The molecule has 1 atom stereocenters. The maximum Gasteiger partial charge on any atom is 0.271 e. The fourth-order valence-corrected chi connectivity index (χ4v) is 3.23. The van der Waals surface area contributed by atoms with Gasteiger partial charge < -0.3 is 10.4 Å². The summed E-state index contributed by atoms with van der Waals surface area (Å²) in [5.74, 6) is 0.0817. The average Bonchev–Trinajstić information content (AvgIpc) is 2.52. The molecular weight excluding hydrogens is 421 g/mol. The zero-order chi connectivity index (χ0) is 16.1. The van der Waals surface area contributed by atoms with Crippen molar-refractivity contribution in [1.82, 2.24) is 10.2 Å². The molecule has 0 spiro atoms. The van der Waals surface area contributed by atoms with Gasteiger partial charge in [0.1, 0.15) is 5.75 Å². The number of nitro benzene ring substituents is 1. The third kappa shape index (κ3) is 5.60. The van der Waals surface area contributed by atoms with Crippen LogP contribution < -0.4 is 5.32 Å². The fourth-order valence-electron chi connectivity index (χ4n) is 2.77. The van der Waals surface area contributed by atoms with Crippen LogP contribution in [-0.4, -0.2) is 41.1 Å². The number of benzene rings is 1. The molecule has 0 bridgehead atoms.